The van der Waals surface area contributed by atoms with Crippen LogP contribution in [0.25, 0.3) is 22.2 Å². The van der Waals surface area contributed by atoms with Gasteiger partial charge in [-0.2, -0.15) is 0 Å². The number of nitrogens with zero attached hydrogens (tertiary/aromatic N) is 5. The van der Waals surface area contributed by atoms with Crippen molar-refractivity contribution in [1.82, 2.24) is 19.4 Å². The Morgan fingerprint density at radius 1 is 1.08 bits per heavy atom. The van der Waals surface area contributed by atoms with Crippen LogP contribution in [0.3, 0.4) is 0 Å². The summed E-state index contributed by atoms with van der Waals surface area (Å²) in [5.74, 6) is 0.225. The zero-order chi connectivity index (χ0) is 26.7. The summed E-state index contributed by atoms with van der Waals surface area (Å²) in [5, 5.41) is 7.51. The van der Waals surface area contributed by atoms with Crippen LogP contribution in [0.15, 0.2) is 61.4 Å². The fourth-order valence-electron chi connectivity index (χ4n) is 4.41. The lowest BCUT2D eigenvalue weighted by Gasteiger charge is -2.25. The molecule has 0 bridgehead atoms. The van der Waals surface area contributed by atoms with Gasteiger partial charge in [-0.3, -0.25) is 4.79 Å². The van der Waals surface area contributed by atoms with Crippen LogP contribution in [0, 0.1) is 13.8 Å². The van der Waals surface area contributed by atoms with Crippen molar-refractivity contribution in [3.63, 3.8) is 0 Å². The molecule has 4 rings (SSSR count). The monoisotopic (exact) mass is 497 g/mol. The Balaban J connectivity index is 1.69. The second kappa shape index (κ2) is 10.8. The van der Waals surface area contributed by atoms with Crippen molar-refractivity contribution in [3.8, 4) is 11.3 Å². The third-order valence-corrected chi connectivity index (χ3v) is 6.48. The molecule has 37 heavy (non-hydrogen) atoms. The molecular formula is C29H35N7O. The Labute approximate surface area is 218 Å². The molecule has 0 radical (unpaired) electrons. The minimum absolute atomic E-state index is 0.262. The largest absolute Gasteiger partial charge is 0.372 e. The lowest BCUT2D eigenvalue weighted by Crippen LogP contribution is -2.29. The van der Waals surface area contributed by atoms with Gasteiger partial charge in [0.25, 0.3) is 0 Å². The Kier molecular flexibility index (Phi) is 7.59. The molecule has 0 atom stereocenters. The second-order valence-corrected chi connectivity index (χ2v) is 9.62. The second-order valence-electron chi connectivity index (χ2n) is 9.62. The van der Waals surface area contributed by atoms with E-state index < -0.39 is 0 Å². The number of likely N-dealkylation sites (N-methyl/N-ethyl adjacent to an activating group) is 2. The number of amides is 1. The Morgan fingerprint density at radius 3 is 2.59 bits per heavy atom. The number of fused-ring (bicyclic) bond motifs is 1. The van der Waals surface area contributed by atoms with Crippen molar-refractivity contribution >= 4 is 39.8 Å². The van der Waals surface area contributed by atoms with Gasteiger partial charge in [-0.1, -0.05) is 18.7 Å². The SMILES string of the molecule is C=CC(=O)Nc1cc(Nc2nccc(-c3cn(C)c4cccc(C)c34)n2)c(C)cc1N(C)CCN(C)C. The minimum Gasteiger partial charge on any atom is -0.372 e. The van der Waals surface area contributed by atoms with Crippen molar-refractivity contribution in [2.24, 2.45) is 7.05 Å². The maximum atomic E-state index is 12.2. The first-order valence-electron chi connectivity index (χ1n) is 12.3. The number of hydrogen-bond donors (Lipinski definition) is 2. The van der Waals surface area contributed by atoms with E-state index in [1.165, 1.54) is 17.0 Å². The van der Waals surface area contributed by atoms with E-state index in [1.807, 2.05) is 47.2 Å². The molecule has 192 valence electrons. The highest BCUT2D eigenvalue weighted by molar-refractivity contribution is 6.02. The third-order valence-electron chi connectivity index (χ3n) is 6.48. The number of hydrogen-bond acceptors (Lipinski definition) is 6. The fourth-order valence-corrected chi connectivity index (χ4v) is 4.41. The van der Waals surface area contributed by atoms with Crippen LogP contribution >= 0.6 is 0 Å². The molecule has 0 fully saturated rings. The number of carbonyl (C=O) groups excluding carboxylic acids is 1. The summed E-state index contributed by atoms with van der Waals surface area (Å²) in [6.07, 6.45) is 5.15. The van der Waals surface area contributed by atoms with Crippen molar-refractivity contribution in [1.29, 1.82) is 0 Å². The van der Waals surface area contributed by atoms with E-state index in [1.54, 1.807) is 6.20 Å². The van der Waals surface area contributed by atoms with Crippen LogP contribution in [0.1, 0.15) is 11.1 Å². The van der Waals surface area contributed by atoms with E-state index in [4.69, 9.17) is 4.98 Å². The van der Waals surface area contributed by atoms with Crippen LogP contribution in [0.4, 0.5) is 23.0 Å². The first-order chi connectivity index (χ1) is 17.7. The van der Waals surface area contributed by atoms with E-state index in [9.17, 15) is 4.79 Å². The molecule has 8 nitrogen and oxygen atoms in total. The molecule has 2 heterocycles. The molecular weight excluding hydrogens is 462 g/mol. The number of benzene rings is 2. The molecule has 1 amide bonds. The highest BCUT2D eigenvalue weighted by Crippen LogP contribution is 2.34. The summed E-state index contributed by atoms with van der Waals surface area (Å²) < 4.78 is 2.12. The number of anilines is 4. The van der Waals surface area contributed by atoms with Gasteiger partial charge in [0, 0.05) is 61.7 Å². The summed E-state index contributed by atoms with van der Waals surface area (Å²) in [5.41, 5.74) is 7.73. The lowest BCUT2D eigenvalue weighted by atomic mass is 10.1. The number of carbonyl (C=O) groups is 1. The normalized spacial score (nSPS) is 11.1. The Hall–Kier alpha value is -4.17. The van der Waals surface area contributed by atoms with Crippen LogP contribution in [0.5, 0.6) is 0 Å². The summed E-state index contributed by atoms with van der Waals surface area (Å²) in [6, 6.07) is 12.2. The molecule has 2 aromatic heterocycles. The van der Waals surface area contributed by atoms with Crippen LogP contribution < -0.4 is 15.5 Å². The summed E-state index contributed by atoms with van der Waals surface area (Å²) >= 11 is 0. The van der Waals surface area contributed by atoms with Gasteiger partial charge in [0.15, 0.2) is 0 Å². The number of aromatic nitrogens is 3. The predicted molar refractivity (Wildman–Crippen MR) is 154 cm³/mol. The summed E-state index contributed by atoms with van der Waals surface area (Å²) in [4.78, 5) is 25.8. The maximum Gasteiger partial charge on any atom is 0.247 e. The van der Waals surface area contributed by atoms with E-state index in [0.29, 0.717) is 11.6 Å². The van der Waals surface area contributed by atoms with Gasteiger partial charge in [-0.15, -0.1) is 0 Å². The first-order valence-corrected chi connectivity index (χ1v) is 12.3. The molecule has 0 aliphatic heterocycles. The molecule has 0 saturated heterocycles. The van der Waals surface area contributed by atoms with Gasteiger partial charge in [0.2, 0.25) is 11.9 Å². The van der Waals surface area contributed by atoms with Crippen molar-refractivity contribution in [2.45, 2.75) is 13.8 Å². The van der Waals surface area contributed by atoms with Crippen LogP contribution in [0.2, 0.25) is 0 Å². The molecule has 2 N–H and O–H groups in total. The first kappa shape index (κ1) is 25.9. The minimum atomic E-state index is -0.262. The lowest BCUT2D eigenvalue weighted by molar-refractivity contribution is -0.111. The average molecular weight is 498 g/mol. The van der Waals surface area contributed by atoms with E-state index >= 15 is 0 Å². The summed E-state index contributed by atoms with van der Waals surface area (Å²) in [7, 11) is 8.15. The van der Waals surface area contributed by atoms with Crippen molar-refractivity contribution in [3.05, 3.63) is 72.6 Å². The summed E-state index contributed by atoms with van der Waals surface area (Å²) in [6.45, 7) is 9.44. The number of aryl methyl sites for hydroxylation is 3. The molecule has 0 aliphatic rings. The zero-order valence-corrected chi connectivity index (χ0v) is 22.5. The predicted octanol–water partition coefficient (Wildman–Crippen LogP) is 5.12. The Morgan fingerprint density at radius 2 is 1.86 bits per heavy atom. The van der Waals surface area contributed by atoms with E-state index in [2.05, 4.69) is 73.9 Å². The van der Waals surface area contributed by atoms with Gasteiger partial charge in [-0.05, 0) is 69.4 Å². The van der Waals surface area contributed by atoms with Crippen LogP contribution in [-0.2, 0) is 11.8 Å². The van der Waals surface area contributed by atoms with Gasteiger partial charge < -0.3 is 25.0 Å². The van der Waals surface area contributed by atoms with Gasteiger partial charge in [0.05, 0.1) is 17.1 Å². The van der Waals surface area contributed by atoms with E-state index in [-0.39, 0.29) is 5.91 Å². The van der Waals surface area contributed by atoms with Crippen LogP contribution in [-0.4, -0.2) is 59.6 Å². The Bertz CT molecular complexity index is 1450. The van der Waals surface area contributed by atoms with E-state index in [0.717, 1.165) is 46.8 Å². The van der Waals surface area contributed by atoms with Gasteiger partial charge in [0.1, 0.15) is 0 Å². The molecule has 0 saturated carbocycles. The molecule has 0 spiro atoms. The maximum absolute atomic E-state index is 12.2. The van der Waals surface area contributed by atoms with Crippen molar-refractivity contribution in [2.75, 3.05) is 49.8 Å². The fraction of sp³-hybridized carbons (Fsp3) is 0.276. The number of nitrogens with one attached hydrogen (secondary N) is 2. The quantitative estimate of drug-likeness (QED) is 0.313. The number of rotatable bonds is 9. The third kappa shape index (κ3) is 5.65. The zero-order valence-electron chi connectivity index (χ0n) is 22.5. The van der Waals surface area contributed by atoms with Crippen molar-refractivity contribution < 1.29 is 4.79 Å². The molecule has 8 heteroatoms. The standard InChI is InChI=1S/C29H35N7O/c1-8-27(37)31-24-17-23(20(3)16-26(24)35(6)15-14-34(4)5)33-29-30-13-12-22(32-29)21-18-36(7)25-11-9-10-19(2)28(21)25/h8-13,16-18H,1,14-15H2,2-7H3,(H,31,37)(H,30,32,33). The molecule has 4 aromatic rings. The van der Waals surface area contributed by atoms with Gasteiger partial charge in [-0.25, -0.2) is 9.97 Å². The average Bonchev–Trinajstić information content (AvgIpc) is 3.22. The topological polar surface area (TPSA) is 78.3 Å². The van der Waals surface area contributed by atoms with Gasteiger partial charge >= 0.3 is 0 Å². The molecule has 0 unspecified atom stereocenters. The molecule has 2 aromatic carbocycles. The smallest absolute Gasteiger partial charge is 0.247 e. The highest BCUT2D eigenvalue weighted by atomic mass is 16.1. The molecule has 0 aliphatic carbocycles. The highest BCUT2D eigenvalue weighted by Gasteiger charge is 2.16.